The van der Waals surface area contributed by atoms with Gasteiger partial charge in [-0.15, -0.1) is 0 Å². The zero-order valence-electron chi connectivity index (χ0n) is 11.3. The number of halogens is 2. The van der Waals surface area contributed by atoms with E-state index in [1.807, 2.05) is 24.3 Å². The van der Waals surface area contributed by atoms with Gasteiger partial charge in [0.05, 0.1) is 6.04 Å². The SMILES string of the molecule is CCCNC(Cc1c(Cl)cccc1Cl)c1ncccn1. The van der Waals surface area contributed by atoms with E-state index in [9.17, 15) is 0 Å². The molecule has 1 aromatic heterocycles. The molecule has 5 heteroatoms. The first-order valence-electron chi connectivity index (χ1n) is 6.65. The van der Waals surface area contributed by atoms with E-state index >= 15 is 0 Å². The molecule has 1 atom stereocenters. The Labute approximate surface area is 129 Å². The number of hydrogen-bond acceptors (Lipinski definition) is 3. The number of nitrogens with one attached hydrogen (secondary N) is 1. The third-order valence-corrected chi connectivity index (χ3v) is 3.72. The summed E-state index contributed by atoms with van der Waals surface area (Å²) in [4.78, 5) is 8.66. The maximum Gasteiger partial charge on any atom is 0.145 e. The highest BCUT2D eigenvalue weighted by Crippen LogP contribution is 2.28. The maximum absolute atomic E-state index is 6.24. The molecule has 106 valence electrons. The van der Waals surface area contributed by atoms with E-state index in [2.05, 4.69) is 22.2 Å². The zero-order chi connectivity index (χ0) is 14.4. The van der Waals surface area contributed by atoms with Crippen molar-refractivity contribution in [3.8, 4) is 0 Å². The van der Waals surface area contributed by atoms with Crippen molar-refractivity contribution in [2.24, 2.45) is 0 Å². The molecule has 1 unspecified atom stereocenters. The highest BCUT2D eigenvalue weighted by atomic mass is 35.5. The van der Waals surface area contributed by atoms with Gasteiger partial charge in [0.15, 0.2) is 0 Å². The van der Waals surface area contributed by atoms with Gasteiger partial charge in [-0.3, -0.25) is 0 Å². The summed E-state index contributed by atoms with van der Waals surface area (Å²) >= 11 is 12.5. The Morgan fingerprint density at radius 3 is 2.35 bits per heavy atom. The van der Waals surface area contributed by atoms with Crippen molar-refractivity contribution in [3.63, 3.8) is 0 Å². The summed E-state index contributed by atoms with van der Waals surface area (Å²) in [6, 6.07) is 7.37. The van der Waals surface area contributed by atoms with E-state index in [-0.39, 0.29) is 6.04 Å². The predicted octanol–water partition coefficient (Wildman–Crippen LogP) is 4.07. The minimum absolute atomic E-state index is 0.00792. The number of benzene rings is 1. The van der Waals surface area contributed by atoms with Crippen LogP contribution in [-0.4, -0.2) is 16.5 Å². The van der Waals surface area contributed by atoms with Crippen LogP contribution < -0.4 is 5.32 Å². The van der Waals surface area contributed by atoms with Gasteiger partial charge in [0.1, 0.15) is 5.82 Å². The molecule has 0 aliphatic rings. The molecule has 0 radical (unpaired) electrons. The molecular weight excluding hydrogens is 293 g/mol. The Bertz CT molecular complexity index is 526. The van der Waals surface area contributed by atoms with Crippen LogP contribution in [0.3, 0.4) is 0 Å². The molecular formula is C15H17Cl2N3. The lowest BCUT2D eigenvalue weighted by molar-refractivity contribution is 0.504. The fraction of sp³-hybridized carbons (Fsp3) is 0.333. The van der Waals surface area contributed by atoms with Crippen LogP contribution in [0.5, 0.6) is 0 Å². The highest BCUT2D eigenvalue weighted by Gasteiger charge is 2.17. The van der Waals surface area contributed by atoms with Crippen LogP contribution in [0, 0.1) is 0 Å². The standard InChI is InChI=1S/C15H17Cl2N3/c1-2-7-18-14(15-19-8-4-9-20-15)10-11-12(16)5-3-6-13(11)17/h3-6,8-9,14,18H,2,7,10H2,1H3. The van der Waals surface area contributed by atoms with Gasteiger partial charge in [-0.05, 0) is 43.1 Å². The number of rotatable bonds is 6. The van der Waals surface area contributed by atoms with Crippen molar-refractivity contribution in [2.45, 2.75) is 25.8 Å². The summed E-state index contributed by atoms with van der Waals surface area (Å²) in [6.07, 6.45) is 5.20. The van der Waals surface area contributed by atoms with Gasteiger partial charge in [0.25, 0.3) is 0 Å². The molecule has 0 bridgehead atoms. The van der Waals surface area contributed by atoms with Crippen LogP contribution in [0.15, 0.2) is 36.7 Å². The monoisotopic (exact) mass is 309 g/mol. The van der Waals surface area contributed by atoms with E-state index in [1.165, 1.54) is 0 Å². The van der Waals surface area contributed by atoms with Crippen molar-refractivity contribution >= 4 is 23.2 Å². The molecule has 1 N–H and O–H groups in total. The van der Waals surface area contributed by atoms with Crippen LogP contribution >= 0.6 is 23.2 Å². The first-order chi connectivity index (χ1) is 9.72. The van der Waals surface area contributed by atoms with Crippen molar-refractivity contribution in [1.82, 2.24) is 15.3 Å². The van der Waals surface area contributed by atoms with Gasteiger partial charge in [0, 0.05) is 22.4 Å². The average Bonchev–Trinajstić information content (AvgIpc) is 2.47. The van der Waals surface area contributed by atoms with Crippen LogP contribution in [0.4, 0.5) is 0 Å². The second kappa shape index (κ2) is 7.58. The maximum atomic E-state index is 6.24. The molecule has 0 fully saturated rings. The Morgan fingerprint density at radius 2 is 1.75 bits per heavy atom. The van der Waals surface area contributed by atoms with Gasteiger partial charge in [-0.1, -0.05) is 36.2 Å². The lowest BCUT2D eigenvalue weighted by atomic mass is 10.0. The molecule has 1 heterocycles. The minimum Gasteiger partial charge on any atom is -0.307 e. The Hall–Kier alpha value is -1.16. The third kappa shape index (κ3) is 3.92. The van der Waals surface area contributed by atoms with Crippen molar-refractivity contribution in [2.75, 3.05) is 6.54 Å². The molecule has 0 aliphatic heterocycles. The first-order valence-corrected chi connectivity index (χ1v) is 7.41. The summed E-state index contributed by atoms with van der Waals surface area (Å²) in [5, 5.41) is 4.80. The number of nitrogens with zero attached hydrogens (tertiary/aromatic N) is 2. The summed E-state index contributed by atoms with van der Waals surface area (Å²) < 4.78 is 0. The molecule has 0 aliphatic carbocycles. The lowest BCUT2D eigenvalue weighted by Crippen LogP contribution is -2.26. The quantitative estimate of drug-likeness (QED) is 0.874. The van der Waals surface area contributed by atoms with Gasteiger partial charge in [0.2, 0.25) is 0 Å². The molecule has 2 rings (SSSR count). The summed E-state index contributed by atoms with van der Waals surface area (Å²) in [6.45, 7) is 3.02. The smallest absolute Gasteiger partial charge is 0.145 e. The average molecular weight is 310 g/mol. The summed E-state index contributed by atoms with van der Waals surface area (Å²) in [5.41, 5.74) is 0.928. The van der Waals surface area contributed by atoms with Gasteiger partial charge < -0.3 is 5.32 Å². The molecule has 1 aromatic carbocycles. The molecule has 3 nitrogen and oxygen atoms in total. The van der Waals surface area contributed by atoms with E-state index in [4.69, 9.17) is 23.2 Å². The van der Waals surface area contributed by atoms with E-state index in [0.717, 1.165) is 24.4 Å². The first kappa shape index (κ1) is 15.2. The van der Waals surface area contributed by atoms with Crippen molar-refractivity contribution < 1.29 is 0 Å². The zero-order valence-corrected chi connectivity index (χ0v) is 12.8. The largest absolute Gasteiger partial charge is 0.307 e. The molecule has 0 saturated heterocycles. The molecule has 2 aromatic rings. The van der Waals surface area contributed by atoms with Crippen molar-refractivity contribution in [3.05, 3.63) is 58.1 Å². The van der Waals surface area contributed by atoms with Crippen molar-refractivity contribution in [1.29, 1.82) is 0 Å². The number of hydrogen-bond donors (Lipinski definition) is 1. The molecule has 0 spiro atoms. The highest BCUT2D eigenvalue weighted by molar-refractivity contribution is 6.36. The Balaban J connectivity index is 2.24. The topological polar surface area (TPSA) is 37.8 Å². The second-order valence-corrected chi connectivity index (χ2v) is 5.33. The van der Waals surface area contributed by atoms with Gasteiger partial charge in [-0.25, -0.2) is 9.97 Å². The van der Waals surface area contributed by atoms with Gasteiger partial charge >= 0.3 is 0 Å². The van der Waals surface area contributed by atoms with E-state index < -0.39 is 0 Å². The Morgan fingerprint density at radius 1 is 1.10 bits per heavy atom. The molecule has 0 amide bonds. The fourth-order valence-electron chi connectivity index (χ4n) is 2.00. The molecule has 20 heavy (non-hydrogen) atoms. The van der Waals surface area contributed by atoms with Crippen LogP contribution in [0.1, 0.15) is 30.8 Å². The molecule has 0 saturated carbocycles. The second-order valence-electron chi connectivity index (χ2n) is 4.52. The van der Waals surface area contributed by atoms with Crippen LogP contribution in [0.25, 0.3) is 0 Å². The minimum atomic E-state index is 0.00792. The van der Waals surface area contributed by atoms with E-state index in [1.54, 1.807) is 12.4 Å². The normalized spacial score (nSPS) is 12.3. The van der Waals surface area contributed by atoms with Crippen LogP contribution in [0.2, 0.25) is 10.0 Å². The predicted molar refractivity (Wildman–Crippen MR) is 83.2 cm³/mol. The third-order valence-electron chi connectivity index (χ3n) is 3.01. The lowest BCUT2D eigenvalue weighted by Gasteiger charge is -2.18. The Kier molecular flexibility index (Phi) is 5.77. The van der Waals surface area contributed by atoms with E-state index in [0.29, 0.717) is 16.5 Å². The van der Waals surface area contributed by atoms with Crippen LogP contribution in [-0.2, 0) is 6.42 Å². The number of aromatic nitrogens is 2. The summed E-state index contributed by atoms with van der Waals surface area (Å²) in [7, 11) is 0. The summed E-state index contributed by atoms with van der Waals surface area (Å²) in [5.74, 6) is 0.761. The van der Waals surface area contributed by atoms with Gasteiger partial charge in [-0.2, -0.15) is 0 Å². The fourth-order valence-corrected chi connectivity index (χ4v) is 2.55.